The summed E-state index contributed by atoms with van der Waals surface area (Å²) in [7, 11) is 0. The Morgan fingerprint density at radius 2 is 2.12 bits per heavy atom. The number of hydrogen-bond acceptors (Lipinski definition) is 2. The maximum absolute atomic E-state index is 10.6. The molecule has 1 atom stereocenters. The molecular formula is C14H27NO2. The maximum atomic E-state index is 10.6. The Morgan fingerprint density at radius 1 is 1.41 bits per heavy atom. The lowest BCUT2D eigenvalue weighted by molar-refractivity contribution is -0.137. The predicted octanol–water partition coefficient (Wildman–Crippen LogP) is 3.14. The Bertz CT molecular complexity index is 226. The van der Waals surface area contributed by atoms with Crippen molar-refractivity contribution in [2.75, 3.05) is 13.1 Å². The Labute approximate surface area is 105 Å². The van der Waals surface area contributed by atoms with E-state index < -0.39 is 5.97 Å². The Morgan fingerprint density at radius 3 is 2.59 bits per heavy atom. The number of aliphatic carboxylic acids is 1. The number of carbonyl (C=O) groups is 1. The summed E-state index contributed by atoms with van der Waals surface area (Å²) in [5, 5.41) is 8.77. The lowest BCUT2D eigenvalue weighted by atomic mass is 9.98. The lowest BCUT2D eigenvalue weighted by Crippen LogP contribution is -2.33. The van der Waals surface area contributed by atoms with Crippen LogP contribution in [0.5, 0.6) is 0 Å². The smallest absolute Gasteiger partial charge is 0.304 e. The summed E-state index contributed by atoms with van der Waals surface area (Å²) < 4.78 is 0. The van der Waals surface area contributed by atoms with Crippen molar-refractivity contribution in [3.63, 3.8) is 0 Å². The summed E-state index contributed by atoms with van der Waals surface area (Å²) >= 11 is 0. The highest BCUT2D eigenvalue weighted by molar-refractivity contribution is 5.66. The molecule has 1 aliphatic carbocycles. The molecule has 0 saturated heterocycles. The van der Waals surface area contributed by atoms with E-state index in [1.54, 1.807) is 0 Å². The van der Waals surface area contributed by atoms with Crippen LogP contribution >= 0.6 is 0 Å². The molecule has 0 heterocycles. The Hall–Kier alpha value is -0.570. The van der Waals surface area contributed by atoms with Crippen molar-refractivity contribution in [1.82, 2.24) is 4.90 Å². The van der Waals surface area contributed by atoms with Crippen molar-refractivity contribution in [3.8, 4) is 0 Å². The summed E-state index contributed by atoms with van der Waals surface area (Å²) in [5.41, 5.74) is 0. The number of carboxylic acids is 1. The molecule has 0 bridgehead atoms. The first-order chi connectivity index (χ1) is 8.17. The van der Waals surface area contributed by atoms with Crippen LogP contribution in [0.15, 0.2) is 0 Å². The van der Waals surface area contributed by atoms with Crippen molar-refractivity contribution >= 4 is 5.97 Å². The summed E-state index contributed by atoms with van der Waals surface area (Å²) in [6, 6.07) is 0.685. The van der Waals surface area contributed by atoms with Crippen LogP contribution < -0.4 is 0 Å². The largest absolute Gasteiger partial charge is 0.481 e. The molecule has 1 unspecified atom stereocenters. The van der Waals surface area contributed by atoms with Crippen LogP contribution in [-0.2, 0) is 4.79 Å². The van der Waals surface area contributed by atoms with Gasteiger partial charge in [0.1, 0.15) is 0 Å². The molecule has 1 rings (SSSR count). The highest BCUT2D eigenvalue weighted by Crippen LogP contribution is 2.29. The number of hydrogen-bond donors (Lipinski definition) is 1. The molecule has 3 nitrogen and oxygen atoms in total. The first-order valence-corrected chi connectivity index (χ1v) is 7.13. The van der Waals surface area contributed by atoms with E-state index in [1.165, 1.54) is 38.5 Å². The fourth-order valence-electron chi connectivity index (χ4n) is 2.35. The van der Waals surface area contributed by atoms with Gasteiger partial charge in [0.25, 0.3) is 0 Å². The minimum atomic E-state index is -0.669. The fourth-order valence-corrected chi connectivity index (χ4v) is 2.35. The highest BCUT2D eigenvalue weighted by atomic mass is 16.4. The van der Waals surface area contributed by atoms with Gasteiger partial charge < -0.3 is 5.11 Å². The maximum Gasteiger partial charge on any atom is 0.304 e. The van der Waals surface area contributed by atoms with Crippen LogP contribution in [0.3, 0.4) is 0 Å². The second kappa shape index (κ2) is 7.70. The molecule has 0 aromatic heterocycles. The third-order valence-electron chi connectivity index (χ3n) is 3.71. The van der Waals surface area contributed by atoms with Gasteiger partial charge in [-0.3, -0.25) is 9.69 Å². The second-order valence-electron chi connectivity index (χ2n) is 5.29. The third-order valence-corrected chi connectivity index (χ3v) is 3.71. The molecule has 0 aromatic rings. The van der Waals surface area contributed by atoms with Crippen LogP contribution in [0.25, 0.3) is 0 Å². The topological polar surface area (TPSA) is 40.5 Å². The van der Waals surface area contributed by atoms with Crippen molar-refractivity contribution in [2.24, 2.45) is 5.92 Å². The van der Waals surface area contributed by atoms with E-state index in [-0.39, 0.29) is 0 Å². The monoisotopic (exact) mass is 241 g/mol. The first kappa shape index (κ1) is 14.5. The Kier molecular flexibility index (Phi) is 6.56. The van der Waals surface area contributed by atoms with Gasteiger partial charge in [-0.2, -0.15) is 0 Å². The Balaban J connectivity index is 2.32. The highest BCUT2D eigenvalue weighted by Gasteiger charge is 2.30. The van der Waals surface area contributed by atoms with E-state index >= 15 is 0 Å². The van der Waals surface area contributed by atoms with Gasteiger partial charge in [0.2, 0.25) is 0 Å². The van der Waals surface area contributed by atoms with Gasteiger partial charge >= 0.3 is 5.97 Å². The van der Waals surface area contributed by atoms with E-state index in [0.717, 1.165) is 19.0 Å². The average Bonchev–Trinajstić information content (AvgIpc) is 3.12. The molecule has 3 heteroatoms. The third kappa shape index (κ3) is 6.06. The van der Waals surface area contributed by atoms with Crippen LogP contribution in [-0.4, -0.2) is 35.1 Å². The van der Waals surface area contributed by atoms with Crippen LogP contribution in [0.4, 0.5) is 0 Å². The van der Waals surface area contributed by atoms with Gasteiger partial charge in [0.15, 0.2) is 0 Å². The van der Waals surface area contributed by atoms with Gasteiger partial charge in [-0.25, -0.2) is 0 Å². The minimum Gasteiger partial charge on any atom is -0.481 e. The predicted molar refractivity (Wildman–Crippen MR) is 70.2 cm³/mol. The van der Waals surface area contributed by atoms with Crippen LogP contribution in [0, 0.1) is 5.92 Å². The zero-order valence-corrected chi connectivity index (χ0v) is 11.3. The molecule has 100 valence electrons. The fraction of sp³-hybridized carbons (Fsp3) is 0.929. The molecule has 1 N–H and O–H groups in total. The molecule has 0 aliphatic heterocycles. The first-order valence-electron chi connectivity index (χ1n) is 7.13. The number of unbranched alkanes of at least 4 members (excludes halogenated alkanes) is 1. The van der Waals surface area contributed by atoms with Crippen molar-refractivity contribution in [1.29, 1.82) is 0 Å². The standard InChI is InChI=1S/C14H27NO2/c1-3-5-6-12(4-2)11-15(13-7-8-13)10-9-14(16)17/h12-13H,3-11H2,1-2H3,(H,16,17). The molecular weight excluding hydrogens is 214 g/mol. The molecule has 0 radical (unpaired) electrons. The SMILES string of the molecule is CCCCC(CC)CN(CCC(=O)O)C1CC1. The van der Waals surface area contributed by atoms with Crippen molar-refractivity contribution < 1.29 is 9.90 Å². The van der Waals surface area contributed by atoms with E-state index in [2.05, 4.69) is 18.7 Å². The lowest BCUT2D eigenvalue weighted by Gasteiger charge is -2.26. The average molecular weight is 241 g/mol. The van der Waals surface area contributed by atoms with Gasteiger partial charge in [-0.1, -0.05) is 33.1 Å². The van der Waals surface area contributed by atoms with Gasteiger partial charge in [0, 0.05) is 19.1 Å². The van der Waals surface area contributed by atoms with E-state index in [1.807, 2.05) is 0 Å². The summed E-state index contributed by atoms with van der Waals surface area (Å²) in [4.78, 5) is 13.1. The zero-order chi connectivity index (χ0) is 12.7. The molecule has 0 aromatic carbocycles. The van der Waals surface area contributed by atoms with E-state index in [0.29, 0.717) is 12.5 Å². The molecule has 1 aliphatic rings. The van der Waals surface area contributed by atoms with Crippen LogP contribution in [0.1, 0.15) is 58.8 Å². The number of nitrogens with zero attached hydrogens (tertiary/aromatic N) is 1. The zero-order valence-electron chi connectivity index (χ0n) is 11.3. The summed E-state index contributed by atoms with van der Waals surface area (Å²) in [6.07, 6.45) is 7.90. The second-order valence-corrected chi connectivity index (χ2v) is 5.29. The molecule has 0 amide bonds. The molecule has 1 saturated carbocycles. The van der Waals surface area contributed by atoms with Gasteiger partial charge in [-0.15, -0.1) is 0 Å². The minimum absolute atomic E-state index is 0.292. The van der Waals surface area contributed by atoms with Crippen molar-refractivity contribution in [2.45, 2.75) is 64.8 Å². The van der Waals surface area contributed by atoms with Gasteiger partial charge in [-0.05, 0) is 25.2 Å². The molecule has 1 fully saturated rings. The number of rotatable bonds is 10. The van der Waals surface area contributed by atoms with E-state index in [4.69, 9.17) is 5.11 Å². The van der Waals surface area contributed by atoms with Crippen LogP contribution in [0.2, 0.25) is 0 Å². The van der Waals surface area contributed by atoms with Crippen molar-refractivity contribution in [3.05, 3.63) is 0 Å². The summed E-state index contributed by atoms with van der Waals surface area (Å²) in [5.74, 6) is 0.0848. The molecule has 17 heavy (non-hydrogen) atoms. The van der Waals surface area contributed by atoms with E-state index in [9.17, 15) is 4.79 Å². The molecule has 0 spiro atoms. The quantitative estimate of drug-likeness (QED) is 0.639. The summed E-state index contributed by atoms with van der Waals surface area (Å²) in [6.45, 7) is 6.33. The normalized spacial score (nSPS) is 17.4. The van der Waals surface area contributed by atoms with Gasteiger partial charge in [0.05, 0.1) is 6.42 Å². The number of carboxylic acid groups (broad SMARTS) is 1.